The van der Waals surface area contributed by atoms with E-state index in [-0.39, 0.29) is 22.3 Å². The van der Waals surface area contributed by atoms with E-state index in [1.165, 1.54) is 6.07 Å². The molecular weight excluding hydrogens is 410 g/mol. The number of hydrogen-bond acceptors (Lipinski definition) is 4. The number of halogens is 2. The van der Waals surface area contributed by atoms with Crippen LogP contribution < -0.4 is 5.32 Å². The van der Waals surface area contributed by atoms with Crippen molar-refractivity contribution in [3.8, 4) is 0 Å². The van der Waals surface area contributed by atoms with Gasteiger partial charge in [0.05, 0.1) is 20.2 Å². The lowest BCUT2D eigenvalue weighted by Crippen LogP contribution is -2.17. The van der Waals surface area contributed by atoms with E-state index in [1.807, 2.05) is 13.0 Å². The highest BCUT2D eigenvalue weighted by molar-refractivity contribution is 9.11. The Bertz CT molecular complexity index is 802. The van der Waals surface area contributed by atoms with Gasteiger partial charge in [0, 0.05) is 6.42 Å². The molecule has 0 aliphatic carbocycles. The van der Waals surface area contributed by atoms with E-state index in [0.717, 1.165) is 20.7 Å². The topological polar surface area (TPSA) is 63.2 Å². The number of thiophene rings is 1. The number of benzene rings is 1. The minimum atomic E-state index is -3.45. The second-order valence-corrected chi connectivity index (χ2v) is 9.87. The van der Waals surface area contributed by atoms with Gasteiger partial charge >= 0.3 is 0 Å². The third-order valence-electron chi connectivity index (χ3n) is 2.85. The summed E-state index contributed by atoms with van der Waals surface area (Å²) in [4.78, 5) is 11.9. The molecule has 0 atom stereocenters. The molecule has 2 rings (SSSR count). The molecule has 0 radical (unpaired) electrons. The molecule has 0 spiro atoms. The number of sulfone groups is 1. The molecule has 22 heavy (non-hydrogen) atoms. The Morgan fingerprint density at radius 3 is 2.64 bits per heavy atom. The van der Waals surface area contributed by atoms with Crippen molar-refractivity contribution in [1.29, 1.82) is 0 Å². The summed E-state index contributed by atoms with van der Waals surface area (Å²) in [6, 6.07) is 8.45. The zero-order chi connectivity index (χ0) is 16.3. The molecule has 8 heteroatoms. The molecule has 0 unspecified atom stereocenters. The number of nitrogens with one attached hydrogen (secondary N) is 1. The maximum Gasteiger partial charge on any atom is 0.225 e. The molecule has 0 fully saturated rings. The van der Waals surface area contributed by atoms with E-state index in [4.69, 9.17) is 11.6 Å². The second kappa shape index (κ2) is 7.12. The Kier molecular flexibility index (Phi) is 5.65. The predicted molar refractivity (Wildman–Crippen MR) is 93.5 cm³/mol. The molecule has 1 amide bonds. The Morgan fingerprint density at radius 2 is 2.05 bits per heavy atom. The number of anilines is 1. The summed E-state index contributed by atoms with van der Waals surface area (Å²) in [7, 11) is -3.45. The molecule has 1 N–H and O–H groups in total. The van der Waals surface area contributed by atoms with Crippen molar-refractivity contribution in [3.05, 3.63) is 44.7 Å². The number of carbonyl (C=O) groups is 1. The molecular formula is C14H13BrClNO3S2. The van der Waals surface area contributed by atoms with E-state index in [1.54, 1.807) is 18.2 Å². The molecule has 1 heterocycles. The SMILES string of the molecule is Cc1ccc(NC(=O)CCS(=O)(=O)c2ccc(Br)s2)c(Cl)c1. The normalized spacial score (nSPS) is 11.4. The van der Waals surface area contributed by atoms with Crippen molar-refractivity contribution in [1.82, 2.24) is 0 Å². The van der Waals surface area contributed by atoms with Crippen molar-refractivity contribution < 1.29 is 13.2 Å². The van der Waals surface area contributed by atoms with Gasteiger partial charge in [0.15, 0.2) is 9.84 Å². The van der Waals surface area contributed by atoms with Gasteiger partial charge < -0.3 is 5.32 Å². The minimum absolute atomic E-state index is 0.123. The van der Waals surface area contributed by atoms with Crippen LogP contribution >= 0.6 is 38.9 Å². The van der Waals surface area contributed by atoms with Gasteiger partial charge in [-0.15, -0.1) is 11.3 Å². The van der Waals surface area contributed by atoms with Crippen LogP contribution in [0.4, 0.5) is 5.69 Å². The fourth-order valence-electron chi connectivity index (χ4n) is 1.73. The van der Waals surface area contributed by atoms with Crippen LogP contribution in [0.15, 0.2) is 38.3 Å². The molecule has 2 aromatic rings. The molecule has 0 aliphatic rings. The molecule has 1 aromatic heterocycles. The number of amides is 1. The summed E-state index contributed by atoms with van der Waals surface area (Å²) < 4.78 is 25.2. The molecule has 118 valence electrons. The van der Waals surface area contributed by atoms with Crippen LogP contribution in [-0.2, 0) is 14.6 Å². The number of rotatable bonds is 5. The van der Waals surface area contributed by atoms with Gasteiger partial charge in [-0.3, -0.25) is 4.79 Å². The highest BCUT2D eigenvalue weighted by atomic mass is 79.9. The summed E-state index contributed by atoms with van der Waals surface area (Å²) in [6.07, 6.45) is -0.123. The van der Waals surface area contributed by atoms with Crippen molar-refractivity contribution in [3.63, 3.8) is 0 Å². The van der Waals surface area contributed by atoms with Crippen LogP contribution in [0, 0.1) is 6.92 Å². The highest BCUT2D eigenvalue weighted by Gasteiger charge is 2.18. The van der Waals surface area contributed by atoms with Crippen LogP contribution in [0.25, 0.3) is 0 Å². The van der Waals surface area contributed by atoms with E-state index in [9.17, 15) is 13.2 Å². The third-order valence-corrected chi connectivity index (χ3v) is 7.09. The molecule has 4 nitrogen and oxygen atoms in total. The van der Waals surface area contributed by atoms with Crippen LogP contribution in [0.5, 0.6) is 0 Å². The van der Waals surface area contributed by atoms with Crippen LogP contribution in [0.1, 0.15) is 12.0 Å². The Hall–Kier alpha value is -0.890. The summed E-state index contributed by atoms with van der Waals surface area (Å²) >= 11 is 10.4. The minimum Gasteiger partial charge on any atom is -0.325 e. The lowest BCUT2D eigenvalue weighted by molar-refractivity contribution is -0.115. The second-order valence-electron chi connectivity index (χ2n) is 4.66. The first-order valence-corrected chi connectivity index (χ1v) is 9.96. The molecule has 0 saturated heterocycles. The first-order chi connectivity index (χ1) is 10.3. The quantitative estimate of drug-likeness (QED) is 0.782. The number of hydrogen-bond donors (Lipinski definition) is 1. The van der Waals surface area contributed by atoms with E-state index >= 15 is 0 Å². The number of aryl methyl sites for hydroxylation is 1. The fraction of sp³-hybridized carbons (Fsp3) is 0.214. The molecule has 0 aliphatic heterocycles. The van der Waals surface area contributed by atoms with Gasteiger partial charge in [-0.05, 0) is 52.7 Å². The summed E-state index contributed by atoms with van der Waals surface area (Å²) in [5.41, 5.74) is 1.46. The predicted octanol–water partition coefficient (Wildman–Crippen LogP) is 4.27. The van der Waals surface area contributed by atoms with E-state index in [0.29, 0.717) is 10.7 Å². The average molecular weight is 423 g/mol. The van der Waals surface area contributed by atoms with Gasteiger partial charge in [0.2, 0.25) is 5.91 Å². The van der Waals surface area contributed by atoms with Crippen molar-refractivity contribution in [2.45, 2.75) is 17.6 Å². The van der Waals surface area contributed by atoms with Gasteiger partial charge in [-0.1, -0.05) is 17.7 Å². The molecule has 0 saturated carbocycles. The van der Waals surface area contributed by atoms with E-state index in [2.05, 4.69) is 21.2 Å². The Balaban J connectivity index is 1.98. The van der Waals surface area contributed by atoms with E-state index < -0.39 is 9.84 Å². The summed E-state index contributed by atoms with van der Waals surface area (Å²) in [5.74, 6) is -0.625. The van der Waals surface area contributed by atoms with Crippen LogP contribution in [0.3, 0.4) is 0 Å². The van der Waals surface area contributed by atoms with Gasteiger partial charge in [0.25, 0.3) is 0 Å². The maximum atomic E-state index is 12.1. The maximum absolute atomic E-state index is 12.1. The first kappa shape index (κ1) is 17.5. The van der Waals surface area contributed by atoms with Crippen molar-refractivity contribution in [2.24, 2.45) is 0 Å². The van der Waals surface area contributed by atoms with Gasteiger partial charge in [-0.2, -0.15) is 0 Å². The first-order valence-electron chi connectivity index (χ1n) is 6.32. The largest absolute Gasteiger partial charge is 0.325 e. The Morgan fingerprint density at radius 1 is 1.32 bits per heavy atom. The zero-order valence-corrected chi connectivity index (χ0v) is 15.6. The fourth-order valence-corrected chi connectivity index (χ4v) is 5.41. The summed E-state index contributed by atoms with van der Waals surface area (Å²) in [5, 5.41) is 3.05. The van der Waals surface area contributed by atoms with Crippen molar-refractivity contribution >= 4 is 60.3 Å². The van der Waals surface area contributed by atoms with Crippen LogP contribution in [0.2, 0.25) is 5.02 Å². The lowest BCUT2D eigenvalue weighted by atomic mass is 10.2. The smallest absolute Gasteiger partial charge is 0.225 e. The van der Waals surface area contributed by atoms with Gasteiger partial charge in [-0.25, -0.2) is 8.42 Å². The van der Waals surface area contributed by atoms with Gasteiger partial charge in [0.1, 0.15) is 4.21 Å². The number of carbonyl (C=O) groups excluding carboxylic acids is 1. The monoisotopic (exact) mass is 421 g/mol. The standard InChI is InChI=1S/C14H13BrClNO3S2/c1-9-2-3-11(10(16)8-9)17-13(18)6-7-22(19,20)14-5-4-12(15)21-14/h2-5,8H,6-7H2,1H3,(H,17,18). The van der Waals surface area contributed by atoms with Crippen molar-refractivity contribution in [2.75, 3.05) is 11.1 Å². The highest BCUT2D eigenvalue weighted by Crippen LogP contribution is 2.27. The third kappa shape index (κ3) is 4.55. The molecule has 0 bridgehead atoms. The van der Waals surface area contributed by atoms with Crippen LogP contribution in [-0.4, -0.2) is 20.1 Å². The zero-order valence-electron chi connectivity index (χ0n) is 11.6. The lowest BCUT2D eigenvalue weighted by Gasteiger charge is -2.08. The average Bonchev–Trinajstić information content (AvgIpc) is 2.87. The Labute approximate surface area is 146 Å². The molecule has 1 aromatic carbocycles. The summed E-state index contributed by atoms with van der Waals surface area (Å²) in [6.45, 7) is 1.89.